The lowest BCUT2D eigenvalue weighted by Gasteiger charge is -2.13. The normalized spacial score (nSPS) is 11.9. The highest BCUT2D eigenvalue weighted by Crippen LogP contribution is 2.30. The summed E-state index contributed by atoms with van der Waals surface area (Å²) in [6, 6.07) is 7.80. The number of hydrogen-bond acceptors (Lipinski definition) is 4. The van der Waals surface area contributed by atoms with Gasteiger partial charge in [0, 0.05) is 31.9 Å². The number of benzene rings is 1. The molecule has 162 valence electrons. The first-order valence-electron chi connectivity index (χ1n) is 8.95. The van der Waals surface area contributed by atoms with Gasteiger partial charge in [-0.05, 0) is 23.6 Å². The van der Waals surface area contributed by atoms with Gasteiger partial charge in [-0.1, -0.05) is 26.0 Å². The maximum absolute atomic E-state index is 12.6. The van der Waals surface area contributed by atoms with Crippen LogP contribution in [0.25, 0.3) is 0 Å². The fourth-order valence-electron chi connectivity index (χ4n) is 2.26. The van der Waals surface area contributed by atoms with Crippen LogP contribution in [0.3, 0.4) is 0 Å². The summed E-state index contributed by atoms with van der Waals surface area (Å²) in [5, 5.41) is 7.74. The molecule has 0 aliphatic heterocycles. The number of aromatic nitrogens is 1. The minimum atomic E-state index is -4.40. The third-order valence-electron chi connectivity index (χ3n) is 3.64. The molecule has 1 aromatic heterocycles. The van der Waals surface area contributed by atoms with Crippen molar-refractivity contribution in [3.05, 3.63) is 45.9 Å². The molecule has 2 rings (SSSR count). The molecule has 1 aromatic carbocycles. The molecule has 0 bridgehead atoms. The number of guanidine groups is 1. The predicted molar refractivity (Wildman–Crippen MR) is 121 cm³/mol. The van der Waals surface area contributed by atoms with Gasteiger partial charge in [-0.25, -0.2) is 4.98 Å². The van der Waals surface area contributed by atoms with Gasteiger partial charge in [0.05, 0.1) is 11.6 Å². The third-order valence-corrected chi connectivity index (χ3v) is 4.55. The van der Waals surface area contributed by atoms with Crippen LogP contribution in [-0.4, -0.2) is 31.1 Å². The van der Waals surface area contributed by atoms with E-state index in [0.717, 1.165) is 28.0 Å². The minimum Gasteiger partial charge on any atom is -0.493 e. The van der Waals surface area contributed by atoms with Gasteiger partial charge in [-0.15, -0.1) is 35.3 Å². The zero-order chi connectivity index (χ0) is 20.6. The number of halogens is 4. The summed E-state index contributed by atoms with van der Waals surface area (Å²) >= 11 is 1.01. The summed E-state index contributed by atoms with van der Waals surface area (Å²) in [5.74, 6) is 1.84. The SMILES string of the molecule is CN=C(NCCc1nc(C(F)(F)F)cs1)NCc1cccc(OCC(C)C)c1.I. The molecule has 0 saturated carbocycles. The Balaban J connectivity index is 0.00000420. The van der Waals surface area contributed by atoms with Crippen LogP contribution in [0.4, 0.5) is 13.2 Å². The van der Waals surface area contributed by atoms with Crippen LogP contribution in [0.2, 0.25) is 0 Å². The maximum atomic E-state index is 12.6. The summed E-state index contributed by atoms with van der Waals surface area (Å²) in [5.41, 5.74) is 0.202. The standard InChI is InChI=1S/C19H25F3N4OS.HI/c1-13(2)11-27-15-6-4-5-14(9-15)10-25-18(23-3)24-8-7-17-26-16(12-28-17)19(20,21)22;/h4-6,9,12-13H,7-8,10-11H2,1-3H3,(H2,23,24,25);1H. The third kappa shape index (κ3) is 9.20. The first kappa shape index (κ1) is 25.5. The van der Waals surface area contributed by atoms with E-state index >= 15 is 0 Å². The topological polar surface area (TPSA) is 58.5 Å². The summed E-state index contributed by atoms with van der Waals surface area (Å²) in [7, 11) is 1.64. The van der Waals surface area contributed by atoms with Crippen molar-refractivity contribution in [3.63, 3.8) is 0 Å². The van der Waals surface area contributed by atoms with E-state index in [9.17, 15) is 13.2 Å². The van der Waals surface area contributed by atoms with E-state index in [1.807, 2.05) is 24.3 Å². The molecular weight excluding hydrogens is 516 g/mol. The average molecular weight is 542 g/mol. The molecule has 5 nitrogen and oxygen atoms in total. The molecule has 0 aliphatic carbocycles. The number of rotatable bonds is 8. The summed E-state index contributed by atoms with van der Waals surface area (Å²) in [6.07, 6.45) is -4.01. The number of alkyl halides is 3. The summed E-state index contributed by atoms with van der Waals surface area (Å²) < 4.78 is 43.4. The van der Waals surface area contributed by atoms with Gasteiger partial charge >= 0.3 is 6.18 Å². The van der Waals surface area contributed by atoms with E-state index in [1.165, 1.54) is 0 Å². The van der Waals surface area contributed by atoms with Gasteiger partial charge in [-0.2, -0.15) is 13.2 Å². The minimum absolute atomic E-state index is 0. The predicted octanol–water partition coefficient (Wildman–Crippen LogP) is 4.72. The van der Waals surface area contributed by atoms with Gasteiger partial charge in [-0.3, -0.25) is 4.99 Å². The van der Waals surface area contributed by atoms with Crippen molar-refractivity contribution < 1.29 is 17.9 Å². The molecular formula is C19H26F3IN4OS. The van der Waals surface area contributed by atoms with Crippen molar-refractivity contribution in [2.75, 3.05) is 20.2 Å². The van der Waals surface area contributed by atoms with Crippen molar-refractivity contribution in [2.45, 2.75) is 33.0 Å². The molecule has 0 atom stereocenters. The highest BCUT2D eigenvalue weighted by molar-refractivity contribution is 14.0. The average Bonchev–Trinajstić information content (AvgIpc) is 3.12. The molecule has 0 radical (unpaired) electrons. The van der Waals surface area contributed by atoms with E-state index in [0.29, 0.717) is 43.0 Å². The van der Waals surface area contributed by atoms with Gasteiger partial charge in [0.1, 0.15) is 5.75 Å². The van der Waals surface area contributed by atoms with E-state index in [2.05, 4.69) is 34.5 Å². The van der Waals surface area contributed by atoms with Crippen LogP contribution >= 0.6 is 35.3 Å². The second-order valence-electron chi connectivity index (χ2n) is 6.58. The highest BCUT2D eigenvalue weighted by Gasteiger charge is 2.33. The van der Waals surface area contributed by atoms with Crippen LogP contribution in [0, 0.1) is 5.92 Å². The van der Waals surface area contributed by atoms with Crippen molar-refractivity contribution >= 4 is 41.3 Å². The zero-order valence-corrected chi connectivity index (χ0v) is 19.7. The first-order valence-corrected chi connectivity index (χ1v) is 9.83. The lowest BCUT2D eigenvalue weighted by Crippen LogP contribution is -2.37. The molecule has 1 heterocycles. The molecule has 0 saturated heterocycles. The molecule has 29 heavy (non-hydrogen) atoms. The van der Waals surface area contributed by atoms with E-state index < -0.39 is 11.9 Å². The molecule has 0 unspecified atom stereocenters. The number of ether oxygens (including phenoxy) is 1. The maximum Gasteiger partial charge on any atom is 0.434 e. The monoisotopic (exact) mass is 542 g/mol. The molecule has 0 spiro atoms. The summed E-state index contributed by atoms with van der Waals surface area (Å²) in [6.45, 7) is 5.83. The second kappa shape index (κ2) is 12.2. The van der Waals surface area contributed by atoms with Gasteiger partial charge in [0.2, 0.25) is 0 Å². The Morgan fingerprint density at radius 3 is 2.66 bits per heavy atom. The van der Waals surface area contributed by atoms with Gasteiger partial charge in [0.25, 0.3) is 0 Å². The van der Waals surface area contributed by atoms with E-state index in [1.54, 1.807) is 7.05 Å². The van der Waals surface area contributed by atoms with Crippen molar-refractivity contribution in [3.8, 4) is 5.75 Å². The van der Waals surface area contributed by atoms with Crippen LogP contribution < -0.4 is 15.4 Å². The Labute approximate surface area is 190 Å². The number of aliphatic imine (C=N–C) groups is 1. The van der Waals surface area contributed by atoms with E-state index in [-0.39, 0.29) is 24.0 Å². The fraction of sp³-hybridized carbons (Fsp3) is 0.474. The Morgan fingerprint density at radius 1 is 1.28 bits per heavy atom. The Morgan fingerprint density at radius 2 is 2.03 bits per heavy atom. The molecule has 0 amide bonds. The van der Waals surface area contributed by atoms with Gasteiger partial charge < -0.3 is 15.4 Å². The smallest absolute Gasteiger partial charge is 0.434 e. The zero-order valence-electron chi connectivity index (χ0n) is 16.5. The number of nitrogens with zero attached hydrogens (tertiary/aromatic N) is 2. The summed E-state index contributed by atoms with van der Waals surface area (Å²) in [4.78, 5) is 7.74. The van der Waals surface area contributed by atoms with Crippen molar-refractivity contribution in [1.82, 2.24) is 15.6 Å². The lowest BCUT2D eigenvalue weighted by molar-refractivity contribution is -0.140. The number of thiazole rings is 1. The fourth-order valence-corrected chi connectivity index (χ4v) is 3.06. The highest BCUT2D eigenvalue weighted by atomic mass is 127. The lowest BCUT2D eigenvalue weighted by atomic mass is 10.2. The Kier molecular flexibility index (Phi) is 10.7. The number of nitrogens with one attached hydrogen (secondary N) is 2. The van der Waals surface area contributed by atoms with Crippen molar-refractivity contribution in [2.24, 2.45) is 10.9 Å². The molecule has 2 aromatic rings. The quantitative estimate of drug-likeness (QED) is 0.288. The van der Waals surface area contributed by atoms with E-state index in [4.69, 9.17) is 4.74 Å². The number of hydrogen-bond donors (Lipinski definition) is 2. The van der Waals surface area contributed by atoms with Gasteiger partial charge in [0.15, 0.2) is 11.7 Å². The largest absolute Gasteiger partial charge is 0.493 e. The molecule has 10 heteroatoms. The van der Waals surface area contributed by atoms with Crippen LogP contribution in [0.1, 0.15) is 30.1 Å². The second-order valence-corrected chi connectivity index (χ2v) is 7.52. The Hall–Kier alpha value is -1.56. The first-order chi connectivity index (χ1) is 13.3. The Bertz CT molecular complexity index is 781. The van der Waals surface area contributed by atoms with Crippen molar-refractivity contribution in [1.29, 1.82) is 0 Å². The van der Waals surface area contributed by atoms with Crippen LogP contribution in [0.15, 0.2) is 34.6 Å². The van der Waals surface area contributed by atoms with Crippen LogP contribution in [0.5, 0.6) is 5.75 Å². The molecule has 0 aliphatic rings. The molecule has 0 fully saturated rings. The molecule has 2 N–H and O–H groups in total. The van der Waals surface area contributed by atoms with Crippen LogP contribution in [-0.2, 0) is 19.1 Å².